The van der Waals surface area contributed by atoms with Crippen LogP contribution in [0.2, 0.25) is 0 Å². The van der Waals surface area contributed by atoms with E-state index in [1.165, 1.54) is 0 Å². The number of anilines is 2. The van der Waals surface area contributed by atoms with Gasteiger partial charge in [0.1, 0.15) is 17.3 Å². The maximum Gasteiger partial charge on any atom is 0.141 e. The Kier molecular flexibility index (Phi) is 3.66. The number of nitrogens with one attached hydrogen (secondary N) is 1. The van der Waals surface area contributed by atoms with Gasteiger partial charge >= 0.3 is 0 Å². The number of methoxy groups -OCH3 is 1. The van der Waals surface area contributed by atoms with E-state index in [1.807, 2.05) is 42.3 Å². The highest BCUT2D eigenvalue weighted by Crippen LogP contribution is 2.24. The zero-order valence-corrected chi connectivity index (χ0v) is 10.9. The van der Waals surface area contributed by atoms with E-state index in [2.05, 4.69) is 4.98 Å². The fraction of sp³-hybridized carbons (Fsp3) is 0.143. The van der Waals surface area contributed by atoms with Crippen molar-refractivity contribution in [3.63, 3.8) is 0 Å². The van der Waals surface area contributed by atoms with Crippen molar-refractivity contribution in [1.82, 2.24) is 4.98 Å². The lowest BCUT2D eigenvalue weighted by Crippen LogP contribution is -2.14. The number of rotatable bonds is 4. The second kappa shape index (κ2) is 5.39. The summed E-state index contributed by atoms with van der Waals surface area (Å²) in [5.41, 5.74) is 7.81. The fourth-order valence-corrected chi connectivity index (χ4v) is 1.70. The summed E-state index contributed by atoms with van der Waals surface area (Å²) in [7, 11) is 3.59. The van der Waals surface area contributed by atoms with Crippen molar-refractivity contribution in [1.29, 1.82) is 5.41 Å². The van der Waals surface area contributed by atoms with Crippen LogP contribution in [0.1, 0.15) is 5.69 Å². The second-order valence-corrected chi connectivity index (χ2v) is 4.07. The fourth-order valence-electron chi connectivity index (χ4n) is 1.70. The molecule has 2 aromatic rings. The van der Waals surface area contributed by atoms with Crippen molar-refractivity contribution in [2.45, 2.75) is 0 Å². The molecule has 0 aliphatic rings. The number of nitrogens with two attached hydrogens (primary N) is 1. The molecular weight excluding hydrogens is 240 g/mol. The van der Waals surface area contributed by atoms with Crippen molar-refractivity contribution in [3.8, 4) is 5.75 Å². The number of nitrogen functional groups attached to an aromatic ring is 1. The predicted octanol–water partition coefficient (Wildman–Crippen LogP) is 2.14. The molecule has 0 radical (unpaired) electrons. The summed E-state index contributed by atoms with van der Waals surface area (Å²) in [6.45, 7) is 0. The molecule has 0 amide bonds. The molecule has 0 saturated carbocycles. The first kappa shape index (κ1) is 12.9. The van der Waals surface area contributed by atoms with Gasteiger partial charge < -0.3 is 15.4 Å². The first-order valence-corrected chi connectivity index (χ1v) is 5.80. The molecule has 5 nitrogen and oxygen atoms in total. The third kappa shape index (κ3) is 2.82. The Hall–Kier alpha value is -2.56. The maximum atomic E-state index is 7.31. The number of benzene rings is 1. The Bertz CT molecular complexity index is 563. The van der Waals surface area contributed by atoms with E-state index in [0.29, 0.717) is 5.69 Å². The Morgan fingerprint density at radius 3 is 2.26 bits per heavy atom. The van der Waals surface area contributed by atoms with Gasteiger partial charge in [-0.3, -0.25) is 10.4 Å². The smallest absolute Gasteiger partial charge is 0.141 e. The quantitative estimate of drug-likeness (QED) is 0.649. The zero-order chi connectivity index (χ0) is 13.8. The number of amidine groups is 1. The monoisotopic (exact) mass is 256 g/mol. The number of ether oxygens (including phenoxy) is 1. The second-order valence-electron chi connectivity index (χ2n) is 4.07. The first-order chi connectivity index (χ1) is 9.11. The molecule has 1 aromatic carbocycles. The van der Waals surface area contributed by atoms with Crippen LogP contribution >= 0.6 is 0 Å². The van der Waals surface area contributed by atoms with Crippen LogP contribution in [0, 0.1) is 5.41 Å². The topological polar surface area (TPSA) is 75.2 Å². The number of hydrogen-bond acceptors (Lipinski definition) is 4. The number of hydrogen-bond donors (Lipinski definition) is 2. The molecule has 98 valence electrons. The van der Waals surface area contributed by atoms with Crippen molar-refractivity contribution >= 4 is 17.2 Å². The standard InChI is InChI=1S/C14H16N4O/c1-18(10-3-6-12(19-2)7-4-10)11-5-8-13(14(15)16)17-9-11/h3-9H,1-2H3,(H3,15,16). The largest absolute Gasteiger partial charge is 0.497 e. The van der Waals surface area contributed by atoms with E-state index in [1.54, 1.807) is 19.4 Å². The van der Waals surface area contributed by atoms with Crippen molar-refractivity contribution < 1.29 is 4.74 Å². The molecule has 0 aliphatic carbocycles. The molecule has 1 aromatic heterocycles. The molecule has 2 rings (SSSR count). The van der Waals surface area contributed by atoms with Crippen molar-refractivity contribution in [2.75, 3.05) is 19.1 Å². The van der Waals surface area contributed by atoms with Crippen LogP contribution in [-0.2, 0) is 0 Å². The molecule has 0 fully saturated rings. The average molecular weight is 256 g/mol. The van der Waals surface area contributed by atoms with Gasteiger partial charge in [-0.1, -0.05) is 0 Å². The van der Waals surface area contributed by atoms with E-state index in [4.69, 9.17) is 15.9 Å². The molecule has 0 unspecified atom stereocenters. The lowest BCUT2D eigenvalue weighted by molar-refractivity contribution is 0.415. The molecule has 5 heteroatoms. The van der Waals surface area contributed by atoms with E-state index in [0.717, 1.165) is 17.1 Å². The summed E-state index contributed by atoms with van der Waals surface area (Å²) in [6.07, 6.45) is 1.70. The number of nitrogens with zero attached hydrogens (tertiary/aromatic N) is 2. The van der Waals surface area contributed by atoms with Gasteiger partial charge in [0.05, 0.1) is 19.0 Å². The van der Waals surface area contributed by atoms with Gasteiger partial charge in [0.15, 0.2) is 0 Å². The molecule has 0 spiro atoms. The average Bonchev–Trinajstić information content (AvgIpc) is 2.46. The van der Waals surface area contributed by atoms with Gasteiger partial charge in [-0.2, -0.15) is 0 Å². The van der Waals surface area contributed by atoms with E-state index in [9.17, 15) is 0 Å². The Labute approximate surface area is 112 Å². The predicted molar refractivity (Wildman–Crippen MR) is 76.3 cm³/mol. The summed E-state index contributed by atoms with van der Waals surface area (Å²) < 4.78 is 5.13. The van der Waals surface area contributed by atoms with E-state index >= 15 is 0 Å². The van der Waals surface area contributed by atoms with Crippen LogP contribution in [0.4, 0.5) is 11.4 Å². The first-order valence-electron chi connectivity index (χ1n) is 5.80. The number of aromatic nitrogens is 1. The van der Waals surface area contributed by atoms with Crippen LogP contribution < -0.4 is 15.4 Å². The molecular formula is C14H16N4O. The highest BCUT2D eigenvalue weighted by Gasteiger charge is 2.05. The summed E-state index contributed by atoms with van der Waals surface area (Å²) >= 11 is 0. The molecule has 0 saturated heterocycles. The highest BCUT2D eigenvalue weighted by molar-refractivity contribution is 5.93. The molecule has 3 N–H and O–H groups in total. The summed E-state index contributed by atoms with van der Waals surface area (Å²) in [4.78, 5) is 6.14. The van der Waals surface area contributed by atoms with Crippen molar-refractivity contribution in [3.05, 3.63) is 48.3 Å². The van der Waals surface area contributed by atoms with E-state index in [-0.39, 0.29) is 5.84 Å². The van der Waals surface area contributed by atoms with E-state index < -0.39 is 0 Å². The lowest BCUT2D eigenvalue weighted by atomic mass is 10.2. The third-order valence-corrected chi connectivity index (χ3v) is 2.87. The van der Waals surface area contributed by atoms with Gasteiger partial charge in [0.25, 0.3) is 0 Å². The number of pyridine rings is 1. The van der Waals surface area contributed by atoms with Crippen LogP contribution in [0.3, 0.4) is 0 Å². The summed E-state index contributed by atoms with van der Waals surface area (Å²) in [5, 5.41) is 7.31. The molecule has 1 heterocycles. The summed E-state index contributed by atoms with van der Waals surface area (Å²) in [5.74, 6) is 0.792. The van der Waals surface area contributed by atoms with Crippen LogP contribution in [0.5, 0.6) is 5.75 Å². The molecule has 0 bridgehead atoms. The van der Waals surface area contributed by atoms with Gasteiger partial charge in [0, 0.05) is 12.7 Å². The third-order valence-electron chi connectivity index (χ3n) is 2.87. The molecule has 0 atom stereocenters. The van der Waals surface area contributed by atoms with Crippen LogP contribution in [-0.4, -0.2) is 25.0 Å². The van der Waals surface area contributed by atoms with Crippen LogP contribution in [0.25, 0.3) is 0 Å². The highest BCUT2D eigenvalue weighted by atomic mass is 16.5. The Morgan fingerprint density at radius 1 is 1.16 bits per heavy atom. The Morgan fingerprint density at radius 2 is 1.79 bits per heavy atom. The minimum absolute atomic E-state index is 0.0290. The minimum atomic E-state index is -0.0290. The van der Waals surface area contributed by atoms with Gasteiger partial charge in [-0.05, 0) is 36.4 Å². The van der Waals surface area contributed by atoms with Gasteiger partial charge in [0.2, 0.25) is 0 Å². The van der Waals surface area contributed by atoms with Crippen molar-refractivity contribution in [2.24, 2.45) is 5.73 Å². The Balaban J connectivity index is 2.22. The lowest BCUT2D eigenvalue weighted by Gasteiger charge is -2.19. The normalized spacial score (nSPS) is 10.0. The maximum absolute atomic E-state index is 7.31. The summed E-state index contributed by atoms with van der Waals surface area (Å²) in [6, 6.07) is 11.4. The van der Waals surface area contributed by atoms with Gasteiger partial charge in [-0.15, -0.1) is 0 Å². The zero-order valence-electron chi connectivity index (χ0n) is 10.9. The molecule has 19 heavy (non-hydrogen) atoms. The van der Waals surface area contributed by atoms with Crippen LogP contribution in [0.15, 0.2) is 42.6 Å². The minimum Gasteiger partial charge on any atom is -0.497 e. The van der Waals surface area contributed by atoms with Gasteiger partial charge in [-0.25, -0.2) is 0 Å². The SMILES string of the molecule is COc1ccc(N(C)c2ccc(C(=N)N)nc2)cc1. The molecule has 0 aliphatic heterocycles.